The second-order valence-corrected chi connectivity index (χ2v) is 17.0. The number of ether oxygens (including phenoxy) is 2. The zero-order valence-corrected chi connectivity index (χ0v) is 29.9. The van der Waals surface area contributed by atoms with Crippen LogP contribution in [0.15, 0.2) is 37.1 Å². The molecule has 3 fully saturated rings. The highest BCUT2D eigenvalue weighted by Gasteiger charge is 2.62. The summed E-state index contributed by atoms with van der Waals surface area (Å²) in [5.41, 5.74) is -0.987. The van der Waals surface area contributed by atoms with Crippen LogP contribution in [0.1, 0.15) is 76.8 Å². The number of nitrogens with one attached hydrogen (secondary N) is 3. The number of pyridine rings is 1. The number of aryl methyl sites for hydroxylation is 1. The molecule has 51 heavy (non-hydrogen) atoms. The second-order valence-electron chi connectivity index (χ2n) is 15.0. The molecule has 14 nitrogen and oxygen atoms in total. The average Bonchev–Trinajstić information content (AvgIpc) is 4.00. The lowest BCUT2D eigenvalue weighted by molar-refractivity contribution is -0.142. The molecule has 0 radical (unpaired) electrons. The van der Waals surface area contributed by atoms with Gasteiger partial charge in [0.2, 0.25) is 27.7 Å². The number of rotatable bonds is 6. The van der Waals surface area contributed by atoms with Gasteiger partial charge in [-0.2, -0.15) is 5.26 Å². The largest absolute Gasteiger partial charge is 0.472 e. The zero-order valence-electron chi connectivity index (χ0n) is 29.1. The third kappa shape index (κ3) is 7.51. The highest BCUT2D eigenvalue weighted by atomic mass is 32.2. The van der Waals surface area contributed by atoms with Crippen LogP contribution in [0.3, 0.4) is 0 Å². The number of carbonyl (C=O) groups excluding carboxylic acids is 4. The number of amides is 4. The molecule has 0 spiro atoms. The first-order valence-electron chi connectivity index (χ1n) is 17.4. The Labute approximate surface area is 297 Å². The van der Waals surface area contributed by atoms with Crippen molar-refractivity contribution in [1.29, 1.82) is 5.26 Å². The standard InChI is InChI=1S/C36H44N6O8S/c1-5-23-18-36(23,33(45)41-51(47,48)25-10-11-25)40-30(43)28-17-24-20-42(28)32(44)29(35(2,3)4)39-34(46)49-14-8-6-7-9-21-15-22(19-37)26-12-13-38-31(50-24)27(26)16-21/h5,12-13,15-16,23-25,28-29H,1,6-11,14,17-18,20H2,2-4H3,(H,39,46)(H,40,43)(H,41,45)/t23-,24-,28+,29-,36-/m1/s1. The van der Waals surface area contributed by atoms with E-state index in [9.17, 15) is 32.9 Å². The van der Waals surface area contributed by atoms with Crippen molar-refractivity contribution in [1.82, 2.24) is 25.2 Å². The van der Waals surface area contributed by atoms with E-state index in [0.717, 1.165) is 18.4 Å². The number of nitriles is 1. The van der Waals surface area contributed by atoms with E-state index in [1.54, 1.807) is 26.8 Å². The Balaban J connectivity index is 1.35. The topological polar surface area (TPSA) is 197 Å². The highest BCUT2D eigenvalue weighted by molar-refractivity contribution is 7.91. The van der Waals surface area contributed by atoms with Crippen molar-refractivity contribution in [2.24, 2.45) is 11.3 Å². The highest BCUT2D eigenvalue weighted by Crippen LogP contribution is 2.45. The molecule has 4 amide bonds. The third-order valence-electron chi connectivity index (χ3n) is 10.1. The summed E-state index contributed by atoms with van der Waals surface area (Å²) in [6.07, 6.45) is 5.37. The van der Waals surface area contributed by atoms with Crippen LogP contribution < -0.4 is 20.1 Å². The number of alkyl carbamates (subject to hydrolysis) is 1. The molecule has 1 saturated heterocycles. The van der Waals surface area contributed by atoms with Crippen LogP contribution in [0.5, 0.6) is 5.88 Å². The van der Waals surface area contributed by atoms with Gasteiger partial charge in [-0.3, -0.25) is 19.1 Å². The summed E-state index contributed by atoms with van der Waals surface area (Å²) in [4.78, 5) is 60.9. The summed E-state index contributed by atoms with van der Waals surface area (Å²) in [5, 5.41) is 16.1. The Bertz CT molecular complexity index is 1920. The normalized spacial score (nSPS) is 27.2. The number of aromatic nitrogens is 1. The molecule has 2 aromatic rings. The van der Waals surface area contributed by atoms with Crippen molar-refractivity contribution in [3.05, 3.63) is 48.2 Å². The van der Waals surface area contributed by atoms with Gasteiger partial charge in [0, 0.05) is 29.3 Å². The maximum Gasteiger partial charge on any atom is 0.407 e. The fraction of sp³-hybridized carbons (Fsp3) is 0.556. The molecule has 2 aliphatic carbocycles. The molecule has 1 aromatic carbocycles. The van der Waals surface area contributed by atoms with Gasteiger partial charge in [-0.05, 0) is 74.1 Å². The van der Waals surface area contributed by atoms with E-state index >= 15 is 0 Å². The van der Waals surface area contributed by atoms with E-state index in [1.807, 2.05) is 12.1 Å². The number of nitrogens with zero attached hydrogens (tertiary/aromatic N) is 3. The van der Waals surface area contributed by atoms with Gasteiger partial charge in [-0.25, -0.2) is 18.2 Å². The zero-order chi connectivity index (χ0) is 36.7. The summed E-state index contributed by atoms with van der Waals surface area (Å²) in [5.74, 6) is -2.38. The minimum absolute atomic E-state index is 0.00141. The number of cyclic esters (lactones) is 1. The van der Waals surface area contributed by atoms with E-state index in [0.29, 0.717) is 42.0 Å². The van der Waals surface area contributed by atoms with Crippen molar-refractivity contribution in [2.45, 2.75) is 101 Å². The lowest BCUT2D eigenvalue weighted by Gasteiger charge is -2.35. The van der Waals surface area contributed by atoms with Crippen LogP contribution >= 0.6 is 0 Å². The Hall–Kier alpha value is -4.71. The van der Waals surface area contributed by atoms with Crippen LogP contribution in [0.4, 0.5) is 4.79 Å². The smallest absolute Gasteiger partial charge is 0.407 e. The lowest BCUT2D eigenvalue weighted by atomic mass is 9.85. The van der Waals surface area contributed by atoms with Crippen LogP contribution in [-0.2, 0) is 35.6 Å². The maximum atomic E-state index is 14.4. The first-order valence-corrected chi connectivity index (χ1v) is 18.9. The number of sulfonamides is 1. The second kappa shape index (κ2) is 13.8. The monoisotopic (exact) mass is 720 g/mol. The molecule has 2 aliphatic heterocycles. The molecule has 1 aromatic heterocycles. The lowest BCUT2D eigenvalue weighted by Crippen LogP contribution is -2.60. The molecule has 4 aliphatic rings. The molecule has 5 atom stereocenters. The molecule has 272 valence electrons. The predicted octanol–water partition coefficient (Wildman–Crippen LogP) is 2.99. The molecule has 15 heteroatoms. The van der Waals surface area contributed by atoms with E-state index in [2.05, 4.69) is 33.0 Å². The summed E-state index contributed by atoms with van der Waals surface area (Å²) in [7, 11) is -3.90. The molecule has 3 heterocycles. The first kappa shape index (κ1) is 36.1. The SMILES string of the molecule is C=C[C@@H]1C[C@]1(NC(=O)[C@@H]1C[C@@H]2CN1C(=O)[C@H](C(C)(C)C)NC(=O)OCCCCCc1cc(C#N)c3ccnc(c3c1)O2)C(=O)NS(=O)(=O)C1CC1. The summed E-state index contributed by atoms with van der Waals surface area (Å²) in [6.45, 7) is 9.18. The van der Waals surface area contributed by atoms with Crippen molar-refractivity contribution in [3.63, 3.8) is 0 Å². The Morgan fingerprint density at radius 1 is 1.18 bits per heavy atom. The summed E-state index contributed by atoms with van der Waals surface area (Å²) >= 11 is 0. The summed E-state index contributed by atoms with van der Waals surface area (Å²) in [6, 6.07) is 5.52. The quantitative estimate of drug-likeness (QED) is 0.373. The summed E-state index contributed by atoms with van der Waals surface area (Å²) < 4.78 is 39.4. The Morgan fingerprint density at radius 2 is 1.94 bits per heavy atom. The van der Waals surface area contributed by atoms with Crippen LogP contribution in [0.25, 0.3) is 10.8 Å². The first-order chi connectivity index (χ1) is 24.2. The van der Waals surface area contributed by atoms with Gasteiger partial charge >= 0.3 is 6.09 Å². The van der Waals surface area contributed by atoms with Gasteiger partial charge in [0.05, 0.1) is 30.0 Å². The van der Waals surface area contributed by atoms with Crippen molar-refractivity contribution in [2.75, 3.05) is 13.2 Å². The Morgan fingerprint density at radius 3 is 2.61 bits per heavy atom. The average molecular weight is 721 g/mol. The van der Waals surface area contributed by atoms with Gasteiger partial charge in [0.1, 0.15) is 23.7 Å². The molecular weight excluding hydrogens is 676 g/mol. The minimum Gasteiger partial charge on any atom is -0.472 e. The van der Waals surface area contributed by atoms with Gasteiger partial charge in [-0.15, -0.1) is 6.58 Å². The van der Waals surface area contributed by atoms with Crippen molar-refractivity contribution < 1.29 is 37.1 Å². The van der Waals surface area contributed by atoms with Gasteiger partial charge in [0.15, 0.2) is 0 Å². The predicted molar refractivity (Wildman–Crippen MR) is 186 cm³/mol. The number of hydrogen-bond acceptors (Lipinski definition) is 10. The number of benzene rings is 1. The molecule has 0 unspecified atom stereocenters. The minimum atomic E-state index is -3.90. The van der Waals surface area contributed by atoms with Crippen molar-refractivity contribution >= 4 is 44.6 Å². The van der Waals surface area contributed by atoms with E-state index < -0.39 is 74.1 Å². The van der Waals surface area contributed by atoms with E-state index in [-0.39, 0.29) is 31.9 Å². The number of carbonyl (C=O) groups is 4. The van der Waals surface area contributed by atoms with Crippen molar-refractivity contribution in [3.8, 4) is 11.9 Å². The van der Waals surface area contributed by atoms with E-state index in [1.165, 1.54) is 17.2 Å². The van der Waals surface area contributed by atoms with Gasteiger partial charge in [0.25, 0.3) is 5.91 Å². The van der Waals surface area contributed by atoms with Crippen LogP contribution in [-0.4, -0.2) is 84.2 Å². The van der Waals surface area contributed by atoms with E-state index in [4.69, 9.17) is 9.47 Å². The fourth-order valence-corrected chi connectivity index (χ4v) is 8.31. The molecule has 3 N–H and O–H groups in total. The van der Waals surface area contributed by atoms with Gasteiger partial charge < -0.3 is 25.0 Å². The molecule has 4 bridgehead atoms. The van der Waals surface area contributed by atoms with Gasteiger partial charge in [-0.1, -0.05) is 26.8 Å². The van der Waals surface area contributed by atoms with Crippen LogP contribution in [0, 0.1) is 22.7 Å². The molecular formula is C36H44N6O8S. The number of fused-ring (bicyclic) bond motifs is 3. The number of hydrogen-bond donors (Lipinski definition) is 3. The fourth-order valence-electron chi connectivity index (χ4n) is 6.95. The van der Waals surface area contributed by atoms with Crippen LogP contribution in [0.2, 0.25) is 0 Å². The Kier molecular flexibility index (Phi) is 9.75. The third-order valence-corrected chi connectivity index (χ3v) is 11.9. The molecule has 6 rings (SSSR count). The maximum absolute atomic E-state index is 14.4. The molecule has 2 saturated carbocycles.